The number of nitrogens with one attached hydrogen (secondary N) is 1. The number of rotatable bonds is 4. The Hall–Kier alpha value is -3.47. The van der Waals surface area contributed by atoms with Gasteiger partial charge in [-0.05, 0) is 56.3 Å². The molecule has 0 spiro atoms. The van der Waals surface area contributed by atoms with Crippen molar-refractivity contribution in [3.8, 4) is 11.3 Å². The summed E-state index contributed by atoms with van der Waals surface area (Å²) in [6.07, 6.45) is -4.87. The van der Waals surface area contributed by atoms with Crippen LogP contribution >= 0.6 is 0 Å². The van der Waals surface area contributed by atoms with Crippen molar-refractivity contribution in [2.75, 3.05) is 18.4 Å². The maximum Gasteiger partial charge on any atom is 0.419 e. The molecule has 0 saturated heterocycles. The summed E-state index contributed by atoms with van der Waals surface area (Å²) in [5, 5.41) is 2.94. The minimum Gasteiger partial charge on any atom is -0.340 e. The Morgan fingerprint density at radius 2 is 1.79 bits per heavy atom. The van der Waals surface area contributed by atoms with Gasteiger partial charge in [0.1, 0.15) is 29.0 Å². The molecule has 0 aliphatic carbocycles. The quantitative estimate of drug-likeness (QED) is 0.536. The average Bonchev–Trinajstić information content (AvgIpc) is 3.14. The Balaban J connectivity index is 1.87. The molecule has 0 atom stereocenters. The summed E-state index contributed by atoms with van der Waals surface area (Å²) in [4.78, 5) is 18.7. The van der Waals surface area contributed by atoms with Gasteiger partial charge in [-0.1, -0.05) is 0 Å². The summed E-state index contributed by atoms with van der Waals surface area (Å²) in [5.74, 6) is -1.31. The second kappa shape index (κ2) is 8.39. The van der Waals surface area contributed by atoms with Gasteiger partial charge in [-0.2, -0.15) is 13.2 Å². The minimum atomic E-state index is -4.87. The summed E-state index contributed by atoms with van der Waals surface area (Å²) in [5.41, 5.74) is 4.13. The lowest BCUT2D eigenvalue weighted by atomic mass is 9.99. The van der Waals surface area contributed by atoms with E-state index in [-0.39, 0.29) is 24.7 Å². The highest BCUT2D eigenvalue weighted by atomic mass is 19.4. The van der Waals surface area contributed by atoms with Crippen molar-refractivity contribution in [1.29, 1.82) is 0 Å². The molecule has 6 nitrogen and oxygen atoms in total. The van der Waals surface area contributed by atoms with Crippen molar-refractivity contribution in [3.05, 3.63) is 65.5 Å². The molecule has 34 heavy (non-hydrogen) atoms. The van der Waals surface area contributed by atoms with Gasteiger partial charge in [0.05, 0.1) is 17.6 Å². The third kappa shape index (κ3) is 4.11. The molecule has 3 aromatic rings. The number of carbonyl (C=O) groups excluding carboxylic acids is 1. The second-order valence-corrected chi connectivity index (χ2v) is 8.42. The minimum absolute atomic E-state index is 0.00180. The molecule has 0 radical (unpaired) electrons. The molecule has 4 rings (SSSR count). The Morgan fingerprint density at radius 1 is 1.12 bits per heavy atom. The maximum absolute atomic E-state index is 13.8. The van der Waals surface area contributed by atoms with Gasteiger partial charge in [-0.25, -0.2) is 13.8 Å². The van der Waals surface area contributed by atoms with Gasteiger partial charge < -0.3 is 20.5 Å². The number of amides is 1. The monoisotopic (exact) mass is 479 g/mol. The van der Waals surface area contributed by atoms with E-state index in [1.807, 2.05) is 0 Å². The van der Waals surface area contributed by atoms with Crippen LogP contribution in [0.1, 0.15) is 25.2 Å². The SMILES string of the molecule is CC1(C)c2nc(-c3ccc(F)cc3)c(Nc3ccc(F)c(C(F)(F)F)c3)n2CCN1C(=O)CN. The van der Waals surface area contributed by atoms with Crippen LogP contribution in [-0.4, -0.2) is 33.4 Å². The molecule has 180 valence electrons. The number of carbonyl (C=O) groups is 1. The largest absolute Gasteiger partial charge is 0.419 e. The van der Waals surface area contributed by atoms with Crippen molar-refractivity contribution < 1.29 is 26.7 Å². The lowest BCUT2D eigenvalue weighted by Crippen LogP contribution is -2.53. The number of halogens is 5. The summed E-state index contributed by atoms with van der Waals surface area (Å²) in [7, 11) is 0. The zero-order chi connectivity index (χ0) is 24.8. The summed E-state index contributed by atoms with van der Waals surface area (Å²) in [6, 6.07) is 8.09. The van der Waals surface area contributed by atoms with Crippen molar-refractivity contribution in [1.82, 2.24) is 14.5 Å². The van der Waals surface area contributed by atoms with Gasteiger partial charge in [0, 0.05) is 24.3 Å². The molecule has 11 heteroatoms. The average molecular weight is 479 g/mol. The second-order valence-electron chi connectivity index (χ2n) is 8.42. The first kappa shape index (κ1) is 23.7. The van der Waals surface area contributed by atoms with Crippen LogP contribution in [0.15, 0.2) is 42.5 Å². The number of nitrogens with zero attached hydrogens (tertiary/aromatic N) is 3. The molecule has 0 bridgehead atoms. The number of alkyl halides is 3. The van der Waals surface area contributed by atoms with Crippen LogP contribution in [0.25, 0.3) is 11.3 Å². The van der Waals surface area contributed by atoms with Gasteiger partial charge in [-0.3, -0.25) is 4.79 Å². The molecule has 0 fully saturated rings. The lowest BCUT2D eigenvalue weighted by Gasteiger charge is -2.42. The Labute approximate surface area is 192 Å². The fourth-order valence-corrected chi connectivity index (χ4v) is 4.18. The number of benzene rings is 2. The number of fused-ring (bicyclic) bond motifs is 1. The molecule has 1 aromatic heterocycles. The molecular weight excluding hydrogens is 457 g/mol. The highest BCUT2D eigenvalue weighted by molar-refractivity contribution is 5.80. The molecule has 1 aliphatic heterocycles. The summed E-state index contributed by atoms with van der Waals surface area (Å²) >= 11 is 0. The third-order valence-electron chi connectivity index (χ3n) is 5.86. The van der Waals surface area contributed by atoms with E-state index in [2.05, 4.69) is 5.32 Å². The van der Waals surface area contributed by atoms with Crippen molar-refractivity contribution >= 4 is 17.4 Å². The van der Waals surface area contributed by atoms with E-state index in [9.17, 15) is 26.7 Å². The van der Waals surface area contributed by atoms with E-state index in [0.717, 1.165) is 6.07 Å². The van der Waals surface area contributed by atoms with E-state index in [1.165, 1.54) is 30.3 Å². The van der Waals surface area contributed by atoms with Gasteiger partial charge in [0.25, 0.3) is 0 Å². The Kier molecular flexibility index (Phi) is 5.84. The highest BCUT2D eigenvalue weighted by Crippen LogP contribution is 2.40. The van der Waals surface area contributed by atoms with Gasteiger partial charge in [-0.15, -0.1) is 0 Å². The molecule has 1 aliphatic rings. The van der Waals surface area contributed by atoms with Gasteiger partial charge >= 0.3 is 6.18 Å². The first-order valence-electron chi connectivity index (χ1n) is 10.4. The number of imidazole rings is 1. The number of anilines is 2. The van der Waals surface area contributed by atoms with Crippen LogP contribution in [0.2, 0.25) is 0 Å². The van der Waals surface area contributed by atoms with Crippen LogP contribution < -0.4 is 11.1 Å². The first-order chi connectivity index (χ1) is 15.9. The lowest BCUT2D eigenvalue weighted by molar-refractivity contribution is -0.140. The first-order valence-corrected chi connectivity index (χ1v) is 10.4. The third-order valence-corrected chi connectivity index (χ3v) is 5.86. The fraction of sp³-hybridized carbons (Fsp3) is 0.304. The maximum atomic E-state index is 13.8. The van der Waals surface area contributed by atoms with Crippen LogP contribution in [-0.2, 0) is 23.1 Å². The smallest absolute Gasteiger partial charge is 0.340 e. The predicted molar refractivity (Wildman–Crippen MR) is 116 cm³/mol. The molecule has 0 unspecified atom stereocenters. The molecule has 2 aromatic carbocycles. The fourth-order valence-electron chi connectivity index (χ4n) is 4.18. The molecular formula is C23H22F5N5O. The molecule has 1 amide bonds. The Morgan fingerprint density at radius 3 is 2.41 bits per heavy atom. The van der Waals surface area contributed by atoms with E-state index < -0.39 is 28.9 Å². The van der Waals surface area contributed by atoms with Crippen LogP contribution in [0.5, 0.6) is 0 Å². The van der Waals surface area contributed by atoms with Crippen molar-refractivity contribution in [2.45, 2.75) is 32.1 Å². The van der Waals surface area contributed by atoms with Crippen LogP contribution in [0, 0.1) is 11.6 Å². The molecule has 2 heterocycles. The zero-order valence-corrected chi connectivity index (χ0v) is 18.4. The topological polar surface area (TPSA) is 76.2 Å². The van der Waals surface area contributed by atoms with Crippen molar-refractivity contribution in [2.24, 2.45) is 5.73 Å². The highest BCUT2D eigenvalue weighted by Gasteiger charge is 2.41. The molecule has 3 N–H and O–H groups in total. The number of hydrogen-bond acceptors (Lipinski definition) is 4. The number of aromatic nitrogens is 2. The number of hydrogen-bond donors (Lipinski definition) is 2. The van der Waals surface area contributed by atoms with Crippen molar-refractivity contribution in [3.63, 3.8) is 0 Å². The van der Waals surface area contributed by atoms with E-state index >= 15 is 0 Å². The standard InChI is InChI=1S/C23H22F5N5O/c1-22(2)21-31-19(13-3-5-14(24)6-4-13)20(32(21)9-10-33(22)18(34)12-29)30-15-7-8-17(25)16(11-15)23(26,27)28/h3-8,11,30H,9-10,12,29H2,1-2H3. The number of nitrogens with two attached hydrogens (primary N) is 1. The molecule has 0 saturated carbocycles. The van der Waals surface area contributed by atoms with E-state index in [0.29, 0.717) is 35.5 Å². The van der Waals surface area contributed by atoms with Gasteiger partial charge in [0.15, 0.2) is 0 Å². The predicted octanol–water partition coefficient (Wildman–Crippen LogP) is 4.63. The summed E-state index contributed by atoms with van der Waals surface area (Å²) in [6.45, 7) is 3.97. The van der Waals surface area contributed by atoms with Gasteiger partial charge in [0.2, 0.25) is 5.91 Å². The van der Waals surface area contributed by atoms with E-state index in [1.54, 1.807) is 23.3 Å². The summed E-state index contributed by atoms with van der Waals surface area (Å²) < 4.78 is 68.8. The Bertz CT molecular complexity index is 1230. The zero-order valence-electron chi connectivity index (χ0n) is 18.4. The van der Waals surface area contributed by atoms with E-state index in [4.69, 9.17) is 10.7 Å². The normalized spacial score (nSPS) is 15.2. The van der Waals surface area contributed by atoms with Crippen LogP contribution in [0.4, 0.5) is 33.5 Å². The van der Waals surface area contributed by atoms with Crippen LogP contribution in [0.3, 0.4) is 0 Å².